The minimum Gasteiger partial charge on any atom is -0.345 e. The summed E-state index contributed by atoms with van der Waals surface area (Å²) in [4.78, 5) is 13.6. The standard InChI is InChI=1S/C14H21BrN2O/c1-11(16)3-8-14(18)17(2)10-9-12-4-6-13(15)7-5-12/h4-7,11H,3,8-10,16H2,1-2H3. The summed E-state index contributed by atoms with van der Waals surface area (Å²) in [5.41, 5.74) is 6.89. The highest BCUT2D eigenvalue weighted by atomic mass is 79.9. The fourth-order valence-electron chi connectivity index (χ4n) is 1.61. The predicted molar refractivity (Wildman–Crippen MR) is 78.4 cm³/mol. The maximum Gasteiger partial charge on any atom is 0.222 e. The van der Waals surface area contributed by atoms with E-state index in [0.717, 1.165) is 23.9 Å². The van der Waals surface area contributed by atoms with Crippen molar-refractivity contribution >= 4 is 21.8 Å². The second-order valence-electron chi connectivity index (χ2n) is 4.71. The van der Waals surface area contributed by atoms with Crippen molar-refractivity contribution in [3.63, 3.8) is 0 Å². The topological polar surface area (TPSA) is 46.3 Å². The Morgan fingerprint density at radius 1 is 1.39 bits per heavy atom. The number of amides is 1. The molecule has 18 heavy (non-hydrogen) atoms. The number of carbonyl (C=O) groups is 1. The van der Waals surface area contributed by atoms with Gasteiger partial charge in [0.15, 0.2) is 0 Å². The molecule has 1 atom stereocenters. The molecule has 0 aliphatic rings. The molecule has 0 spiro atoms. The first-order valence-corrected chi connectivity index (χ1v) is 7.02. The molecule has 1 amide bonds. The van der Waals surface area contributed by atoms with Gasteiger partial charge in [0.1, 0.15) is 0 Å². The lowest BCUT2D eigenvalue weighted by molar-refractivity contribution is -0.130. The van der Waals surface area contributed by atoms with E-state index in [1.807, 2.05) is 26.1 Å². The van der Waals surface area contributed by atoms with E-state index in [1.165, 1.54) is 5.56 Å². The summed E-state index contributed by atoms with van der Waals surface area (Å²) in [6, 6.07) is 8.28. The van der Waals surface area contributed by atoms with Crippen molar-refractivity contribution in [1.29, 1.82) is 0 Å². The Morgan fingerprint density at radius 2 is 2.00 bits per heavy atom. The van der Waals surface area contributed by atoms with Crippen molar-refractivity contribution < 1.29 is 4.79 Å². The van der Waals surface area contributed by atoms with Crippen molar-refractivity contribution in [3.8, 4) is 0 Å². The molecule has 3 nitrogen and oxygen atoms in total. The smallest absolute Gasteiger partial charge is 0.222 e. The Bertz CT molecular complexity index is 376. The molecule has 4 heteroatoms. The van der Waals surface area contributed by atoms with Crippen LogP contribution in [-0.2, 0) is 11.2 Å². The fraction of sp³-hybridized carbons (Fsp3) is 0.500. The minimum atomic E-state index is 0.0915. The van der Waals surface area contributed by atoms with Gasteiger partial charge in [0.25, 0.3) is 0 Å². The van der Waals surface area contributed by atoms with Gasteiger partial charge < -0.3 is 10.6 Å². The molecule has 1 rings (SSSR count). The summed E-state index contributed by atoms with van der Waals surface area (Å²) in [6.07, 6.45) is 2.17. The molecule has 0 aliphatic heterocycles. The molecule has 2 N–H and O–H groups in total. The molecule has 0 fully saturated rings. The quantitative estimate of drug-likeness (QED) is 0.877. The molecule has 100 valence electrons. The van der Waals surface area contributed by atoms with Crippen LogP contribution in [0.15, 0.2) is 28.7 Å². The van der Waals surface area contributed by atoms with Crippen LogP contribution in [0, 0.1) is 0 Å². The SMILES string of the molecule is CC(N)CCC(=O)N(C)CCc1ccc(Br)cc1. The Morgan fingerprint density at radius 3 is 2.56 bits per heavy atom. The molecule has 0 aliphatic carbocycles. The monoisotopic (exact) mass is 312 g/mol. The maximum atomic E-state index is 11.8. The van der Waals surface area contributed by atoms with Gasteiger partial charge in [-0.05, 0) is 37.5 Å². The number of nitrogens with two attached hydrogens (primary N) is 1. The molecular weight excluding hydrogens is 292 g/mol. The van der Waals surface area contributed by atoms with Gasteiger partial charge in [-0.2, -0.15) is 0 Å². The second kappa shape index (κ2) is 7.54. The van der Waals surface area contributed by atoms with Gasteiger partial charge in [-0.3, -0.25) is 4.79 Å². The summed E-state index contributed by atoms with van der Waals surface area (Å²) in [5, 5.41) is 0. The fourth-order valence-corrected chi connectivity index (χ4v) is 1.88. The number of carbonyl (C=O) groups excluding carboxylic acids is 1. The lowest BCUT2D eigenvalue weighted by Crippen LogP contribution is -2.30. The third-order valence-electron chi connectivity index (χ3n) is 2.89. The van der Waals surface area contributed by atoms with E-state index in [-0.39, 0.29) is 11.9 Å². The van der Waals surface area contributed by atoms with Crippen LogP contribution >= 0.6 is 15.9 Å². The molecular formula is C14H21BrN2O. The van der Waals surface area contributed by atoms with Crippen LogP contribution in [0.2, 0.25) is 0 Å². The Hall–Kier alpha value is -0.870. The third-order valence-corrected chi connectivity index (χ3v) is 3.42. The van der Waals surface area contributed by atoms with Crippen LogP contribution in [0.3, 0.4) is 0 Å². The van der Waals surface area contributed by atoms with E-state index >= 15 is 0 Å². The number of likely N-dealkylation sites (N-methyl/N-ethyl adjacent to an activating group) is 1. The van der Waals surface area contributed by atoms with Crippen molar-refractivity contribution in [2.75, 3.05) is 13.6 Å². The van der Waals surface area contributed by atoms with E-state index in [4.69, 9.17) is 5.73 Å². The largest absolute Gasteiger partial charge is 0.345 e. The molecule has 0 heterocycles. The molecule has 1 aromatic rings. The van der Waals surface area contributed by atoms with E-state index in [0.29, 0.717) is 6.42 Å². The number of benzene rings is 1. The Labute approximate surface area is 117 Å². The highest BCUT2D eigenvalue weighted by Crippen LogP contribution is 2.11. The predicted octanol–water partition coefficient (Wildman–Crippen LogP) is 2.58. The molecule has 0 radical (unpaired) electrons. The summed E-state index contributed by atoms with van der Waals surface area (Å²) in [5.74, 6) is 0.171. The molecule has 1 unspecified atom stereocenters. The summed E-state index contributed by atoms with van der Waals surface area (Å²) < 4.78 is 1.08. The van der Waals surface area contributed by atoms with Gasteiger partial charge >= 0.3 is 0 Å². The average molecular weight is 313 g/mol. The zero-order valence-corrected chi connectivity index (χ0v) is 12.6. The lowest BCUT2D eigenvalue weighted by atomic mass is 10.1. The second-order valence-corrected chi connectivity index (χ2v) is 5.62. The average Bonchev–Trinajstić information content (AvgIpc) is 2.34. The van der Waals surface area contributed by atoms with Gasteiger partial charge in [0, 0.05) is 30.5 Å². The van der Waals surface area contributed by atoms with Gasteiger partial charge in [-0.25, -0.2) is 0 Å². The Kier molecular flexibility index (Phi) is 6.36. The van der Waals surface area contributed by atoms with Crippen LogP contribution < -0.4 is 5.73 Å². The zero-order chi connectivity index (χ0) is 13.5. The van der Waals surface area contributed by atoms with Crippen LogP contribution in [-0.4, -0.2) is 30.4 Å². The van der Waals surface area contributed by atoms with Gasteiger partial charge in [-0.15, -0.1) is 0 Å². The van der Waals surface area contributed by atoms with E-state index in [1.54, 1.807) is 4.90 Å². The van der Waals surface area contributed by atoms with Crippen molar-refractivity contribution in [2.45, 2.75) is 32.2 Å². The first kappa shape index (κ1) is 15.2. The number of nitrogens with zero attached hydrogens (tertiary/aromatic N) is 1. The number of halogens is 1. The molecule has 1 aromatic carbocycles. The molecule has 0 saturated carbocycles. The van der Waals surface area contributed by atoms with Crippen LogP contribution in [0.4, 0.5) is 0 Å². The Balaban J connectivity index is 2.34. The third kappa shape index (κ3) is 5.65. The molecule has 0 saturated heterocycles. The van der Waals surface area contributed by atoms with Crippen LogP contribution in [0.5, 0.6) is 0 Å². The highest BCUT2D eigenvalue weighted by molar-refractivity contribution is 9.10. The van der Waals surface area contributed by atoms with Gasteiger partial charge in [0.2, 0.25) is 5.91 Å². The molecule has 0 aromatic heterocycles. The van der Waals surface area contributed by atoms with Crippen molar-refractivity contribution in [3.05, 3.63) is 34.3 Å². The maximum absolute atomic E-state index is 11.8. The first-order valence-electron chi connectivity index (χ1n) is 6.23. The van der Waals surface area contributed by atoms with Gasteiger partial charge in [0.05, 0.1) is 0 Å². The van der Waals surface area contributed by atoms with Crippen molar-refractivity contribution in [2.24, 2.45) is 5.73 Å². The normalized spacial score (nSPS) is 12.2. The summed E-state index contributed by atoms with van der Waals surface area (Å²) >= 11 is 3.41. The van der Waals surface area contributed by atoms with E-state index in [2.05, 4.69) is 28.1 Å². The number of rotatable bonds is 6. The van der Waals surface area contributed by atoms with E-state index in [9.17, 15) is 4.79 Å². The lowest BCUT2D eigenvalue weighted by Gasteiger charge is -2.17. The van der Waals surface area contributed by atoms with Crippen molar-refractivity contribution in [1.82, 2.24) is 4.90 Å². The highest BCUT2D eigenvalue weighted by Gasteiger charge is 2.09. The van der Waals surface area contributed by atoms with Crippen LogP contribution in [0.1, 0.15) is 25.3 Å². The summed E-state index contributed by atoms with van der Waals surface area (Å²) in [6.45, 7) is 2.68. The zero-order valence-electron chi connectivity index (χ0n) is 11.0. The molecule has 0 bridgehead atoms. The number of hydrogen-bond donors (Lipinski definition) is 1. The van der Waals surface area contributed by atoms with E-state index < -0.39 is 0 Å². The first-order chi connectivity index (χ1) is 8.49. The minimum absolute atomic E-state index is 0.0915. The van der Waals surface area contributed by atoms with Gasteiger partial charge in [-0.1, -0.05) is 28.1 Å². The van der Waals surface area contributed by atoms with Crippen LogP contribution in [0.25, 0.3) is 0 Å². The number of hydrogen-bond acceptors (Lipinski definition) is 2. The summed E-state index contributed by atoms with van der Waals surface area (Å²) in [7, 11) is 1.85.